The Balaban J connectivity index is 1.74. The third kappa shape index (κ3) is 3.71. The number of benzene rings is 2. The topological polar surface area (TPSA) is 54.5 Å². The Labute approximate surface area is 179 Å². The zero-order chi connectivity index (χ0) is 21.5. The van der Waals surface area contributed by atoms with Crippen LogP contribution in [-0.4, -0.2) is 20.6 Å². The summed E-state index contributed by atoms with van der Waals surface area (Å²) in [7, 11) is 0. The first-order valence-corrected chi connectivity index (χ1v) is 10.9. The Bertz CT molecular complexity index is 1070. The van der Waals surface area contributed by atoms with Gasteiger partial charge in [-0.3, -0.25) is 0 Å². The molecule has 4 nitrogen and oxygen atoms in total. The summed E-state index contributed by atoms with van der Waals surface area (Å²) in [5.41, 5.74) is 9.87. The Kier molecular flexibility index (Phi) is 5.13. The summed E-state index contributed by atoms with van der Waals surface area (Å²) in [6, 6.07) is 13.4. The molecule has 0 bridgehead atoms. The highest BCUT2D eigenvalue weighted by molar-refractivity contribution is 5.83. The van der Waals surface area contributed by atoms with E-state index in [2.05, 4.69) is 105 Å². The lowest BCUT2D eigenvalue weighted by atomic mass is 9.82. The molecule has 3 aromatic rings. The second-order valence-electron chi connectivity index (χ2n) is 9.95. The molecule has 1 aliphatic carbocycles. The van der Waals surface area contributed by atoms with Crippen LogP contribution < -0.4 is 0 Å². The molecule has 0 unspecified atom stereocenters. The summed E-state index contributed by atoms with van der Waals surface area (Å²) in [6.07, 6.45) is 5.76. The van der Waals surface area contributed by atoms with E-state index in [1.165, 1.54) is 39.8 Å². The molecule has 0 amide bonds. The van der Waals surface area contributed by atoms with E-state index in [0.717, 1.165) is 18.4 Å². The van der Waals surface area contributed by atoms with E-state index in [9.17, 15) is 0 Å². The molecule has 0 saturated heterocycles. The monoisotopic (exact) mass is 400 g/mol. The number of aromatic amines is 1. The van der Waals surface area contributed by atoms with Gasteiger partial charge in [0.2, 0.25) is 0 Å². The molecular formula is C26H32N4. The summed E-state index contributed by atoms with van der Waals surface area (Å²) in [5, 5.41) is 14.1. The quantitative estimate of drug-likeness (QED) is 0.509. The highest BCUT2D eigenvalue weighted by atomic mass is 15.5. The molecule has 1 aromatic heterocycles. The summed E-state index contributed by atoms with van der Waals surface area (Å²) in [4.78, 5) is 0. The van der Waals surface area contributed by atoms with Crippen LogP contribution in [0.25, 0.3) is 23.0 Å². The Morgan fingerprint density at radius 1 is 1.03 bits per heavy atom. The maximum Gasteiger partial charge on any atom is 0.179 e. The van der Waals surface area contributed by atoms with Crippen molar-refractivity contribution >= 4 is 11.6 Å². The maximum atomic E-state index is 3.98. The molecule has 0 spiro atoms. The van der Waals surface area contributed by atoms with Gasteiger partial charge in [-0.1, -0.05) is 83.5 Å². The molecular weight excluding hydrogens is 368 g/mol. The van der Waals surface area contributed by atoms with Crippen molar-refractivity contribution in [3.8, 4) is 11.4 Å². The lowest BCUT2D eigenvalue weighted by molar-refractivity contribution is 0.403. The van der Waals surface area contributed by atoms with Crippen LogP contribution in [0.2, 0.25) is 0 Å². The summed E-state index contributed by atoms with van der Waals surface area (Å²) < 4.78 is 0. The smallest absolute Gasteiger partial charge is 0.179 e. The van der Waals surface area contributed by atoms with Crippen molar-refractivity contribution in [2.45, 2.75) is 71.6 Å². The first-order valence-electron chi connectivity index (χ1n) is 10.9. The zero-order valence-corrected chi connectivity index (χ0v) is 19.0. The van der Waals surface area contributed by atoms with Crippen LogP contribution >= 0.6 is 0 Å². The second-order valence-corrected chi connectivity index (χ2v) is 9.95. The second kappa shape index (κ2) is 7.50. The SMILES string of the molecule is CCCc1cc2c(cc1/C(C)=C/c1ccc(-c3nnn[nH]3)cc1)C(C)(C)CC2(C)C. The van der Waals surface area contributed by atoms with Gasteiger partial charge in [0.15, 0.2) is 5.82 Å². The van der Waals surface area contributed by atoms with Crippen LogP contribution in [-0.2, 0) is 17.3 Å². The fraction of sp³-hybridized carbons (Fsp3) is 0.423. The van der Waals surface area contributed by atoms with Gasteiger partial charge >= 0.3 is 0 Å². The average molecular weight is 401 g/mol. The van der Waals surface area contributed by atoms with Gasteiger partial charge in [0.25, 0.3) is 0 Å². The highest BCUT2D eigenvalue weighted by Gasteiger charge is 2.42. The van der Waals surface area contributed by atoms with E-state index < -0.39 is 0 Å². The highest BCUT2D eigenvalue weighted by Crippen LogP contribution is 2.50. The molecule has 1 N–H and O–H groups in total. The number of fused-ring (bicyclic) bond motifs is 1. The van der Waals surface area contributed by atoms with Crippen LogP contribution in [0.15, 0.2) is 36.4 Å². The van der Waals surface area contributed by atoms with Crippen LogP contribution in [0, 0.1) is 0 Å². The number of allylic oxidation sites excluding steroid dienone is 1. The molecule has 0 saturated carbocycles. The number of H-pyrrole nitrogens is 1. The van der Waals surface area contributed by atoms with E-state index in [0.29, 0.717) is 5.82 Å². The lowest BCUT2D eigenvalue weighted by Crippen LogP contribution is -2.18. The van der Waals surface area contributed by atoms with Gasteiger partial charge in [-0.15, -0.1) is 5.10 Å². The molecule has 0 fully saturated rings. The van der Waals surface area contributed by atoms with E-state index in [4.69, 9.17) is 0 Å². The standard InChI is InChI=1S/C26H32N4/c1-7-8-20-14-22-23(26(5,6)16-25(22,3)4)15-21(20)17(2)13-18-9-11-19(12-10-18)24-27-29-30-28-24/h9-15H,7-8,16H2,1-6H3,(H,27,28,29,30)/b17-13+. The van der Waals surface area contributed by atoms with Gasteiger partial charge in [0.1, 0.15) is 0 Å². The number of aryl methyl sites for hydroxylation is 1. The van der Waals surface area contributed by atoms with Crippen LogP contribution in [0.5, 0.6) is 0 Å². The zero-order valence-electron chi connectivity index (χ0n) is 19.0. The van der Waals surface area contributed by atoms with Crippen LogP contribution in [0.1, 0.15) is 82.2 Å². The van der Waals surface area contributed by atoms with Crippen molar-refractivity contribution in [2.75, 3.05) is 0 Å². The van der Waals surface area contributed by atoms with Crippen molar-refractivity contribution in [1.29, 1.82) is 0 Å². The Morgan fingerprint density at radius 2 is 1.70 bits per heavy atom. The van der Waals surface area contributed by atoms with Gasteiger partial charge in [0.05, 0.1) is 0 Å². The normalized spacial score (nSPS) is 17.2. The number of hydrogen-bond acceptors (Lipinski definition) is 3. The molecule has 30 heavy (non-hydrogen) atoms. The lowest BCUT2D eigenvalue weighted by Gasteiger charge is -2.22. The maximum absolute atomic E-state index is 3.98. The van der Waals surface area contributed by atoms with Gasteiger partial charge < -0.3 is 0 Å². The Hall–Kier alpha value is -2.75. The van der Waals surface area contributed by atoms with E-state index in [1.54, 1.807) is 0 Å². The number of nitrogens with one attached hydrogen (secondary N) is 1. The third-order valence-electron chi connectivity index (χ3n) is 6.44. The minimum atomic E-state index is 0.214. The van der Waals surface area contributed by atoms with Gasteiger partial charge in [-0.2, -0.15) is 0 Å². The number of hydrogen-bond donors (Lipinski definition) is 1. The first-order chi connectivity index (χ1) is 14.2. The molecule has 0 radical (unpaired) electrons. The van der Waals surface area contributed by atoms with E-state index >= 15 is 0 Å². The number of aromatic nitrogens is 4. The summed E-state index contributed by atoms with van der Waals surface area (Å²) in [5.74, 6) is 0.691. The third-order valence-corrected chi connectivity index (χ3v) is 6.44. The fourth-order valence-electron chi connectivity index (χ4n) is 5.25. The molecule has 156 valence electrons. The van der Waals surface area contributed by atoms with E-state index in [1.807, 2.05) is 0 Å². The van der Waals surface area contributed by atoms with Crippen LogP contribution in [0.3, 0.4) is 0 Å². The number of tetrazole rings is 1. The first kappa shape index (κ1) is 20.5. The number of nitrogens with zero attached hydrogens (tertiary/aromatic N) is 3. The number of rotatable bonds is 5. The van der Waals surface area contributed by atoms with Crippen molar-refractivity contribution in [3.05, 3.63) is 64.2 Å². The minimum absolute atomic E-state index is 0.214. The predicted octanol–water partition coefficient (Wildman–Crippen LogP) is 6.34. The summed E-state index contributed by atoms with van der Waals surface area (Å²) >= 11 is 0. The molecule has 2 aromatic carbocycles. The molecule has 4 rings (SSSR count). The molecule has 1 aliphatic rings. The molecule has 1 heterocycles. The van der Waals surface area contributed by atoms with Gasteiger partial charge in [-0.05, 0) is 74.4 Å². The van der Waals surface area contributed by atoms with Crippen molar-refractivity contribution in [1.82, 2.24) is 20.6 Å². The van der Waals surface area contributed by atoms with Gasteiger partial charge in [-0.25, -0.2) is 5.10 Å². The molecule has 0 aliphatic heterocycles. The minimum Gasteiger partial charge on any atom is -0.239 e. The average Bonchev–Trinajstić information content (AvgIpc) is 3.27. The van der Waals surface area contributed by atoms with Crippen LogP contribution in [0.4, 0.5) is 0 Å². The van der Waals surface area contributed by atoms with Gasteiger partial charge in [0, 0.05) is 5.56 Å². The molecule has 4 heteroatoms. The fourth-order valence-corrected chi connectivity index (χ4v) is 5.25. The largest absolute Gasteiger partial charge is 0.239 e. The molecule has 0 atom stereocenters. The predicted molar refractivity (Wildman–Crippen MR) is 124 cm³/mol. The van der Waals surface area contributed by atoms with Crippen molar-refractivity contribution in [3.63, 3.8) is 0 Å². The van der Waals surface area contributed by atoms with Crippen molar-refractivity contribution < 1.29 is 0 Å². The Morgan fingerprint density at radius 3 is 2.30 bits per heavy atom. The summed E-state index contributed by atoms with van der Waals surface area (Å²) in [6.45, 7) is 14.1. The van der Waals surface area contributed by atoms with Crippen molar-refractivity contribution in [2.24, 2.45) is 0 Å². The van der Waals surface area contributed by atoms with E-state index in [-0.39, 0.29) is 10.8 Å².